The van der Waals surface area contributed by atoms with Gasteiger partial charge in [0.2, 0.25) is 5.91 Å². The largest absolute Gasteiger partial charge is 0.322 e. The fourth-order valence-electron chi connectivity index (χ4n) is 3.23. The van der Waals surface area contributed by atoms with Crippen molar-refractivity contribution in [2.75, 3.05) is 31.5 Å². The smallest absolute Gasteiger partial charge is 0.241 e. The van der Waals surface area contributed by atoms with E-state index in [9.17, 15) is 18.0 Å². The van der Waals surface area contributed by atoms with Gasteiger partial charge in [0, 0.05) is 37.7 Å². The van der Waals surface area contributed by atoms with Gasteiger partial charge in [-0.25, -0.2) is 13.2 Å². The number of benzene rings is 2. The molecule has 0 radical (unpaired) electrons. The lowest BCUT2D eigenvalue weighted by atomic mass is 10.1. The van der Waals surface area contributed by atoms with E-state index in [0.717, 1.165) is 37.3 Å². The SMILES string of the molecule is C[C@@H](C(=O)Nc1ccc(F)c(F)c1F)N1CCN(Cc2cccc(Cl)c2)CC1. The van der Waals surface area contributed by atoms with Gasteiger partial charge < -0.3 is 5.32 Å². The number of carbonyl (C=O) groups excluding carboxylic acids is 1. The minimum atomic E-state index is -1.60. The Labute approximate surface area is 166 Å². The Morgan fingerprint density at radius 1 is 1.11 bits per heavy atom. The Kier molecular flexibility index (Phi) is 6.59. The molecule has 1 saturated heterocycles. The van der Waals surface area contributed by atoms with Gasteiger partial charge in [0.25, 0.3) is 0 Å². The van der Waals surface area contributed by atoms with Gasteiger partial charge in [-0.2, -0.15) is 0 Å². The van der Waals surface area contributed by atoms with Crippen molar-refractivity contribution in [3.63, 3.8) is 0 Å². The van der Waals surface area contributed by atoms with Crippen LogP contribution in [0.1, 0.15) is 12.5 Å². The number of hydrogen-bond donors (Lipinski definition) is 1. The molecule has 1 N–H and O–H groups in total. The van der Waals surface area contributed by atoms with Crippen LogP contribution in [0.3, 0.4) is 0 Å². The van der Waals surface area contributed by atoms with Crippen molar-refractivity contribution >= 4 is 23.2 Å². The molecule has 0 spiro atoms. The molecule has 0 bridgehead atoms. The summed E-state index contributed by atoms with van der Waals surface area (Å²) in [5.74, 6) is -4.75. The van der Waals surface area contributed by atoms with Gasteiger partial charge in [0.15, 0.2) is 17.5 Å². The van der Waals surface area contributed by atoms with E-state index in [2.05, 4.69) is 10.2 Å². The first-order valence-electron chi connectivity index (χ1n) is 9.00. The monoisotopic (exact) mass is 411 g/mol. The molecule has 1 aliphatic heterocycles. The summed E-state index contributed by atoms with van der Waals surface area (Å²) in [7, 11) is 0. The summed E-state index contributed by atoms with van der Waals surface area (Å²) in [5, 5.41) is 3.04. The number of carbonyl (C=O) groups is 1. The maximum Gasteiger partial charge on any atom is 0.241 e. The number of hydrogen-bond acceptors (Lipinski definition) is 3. The summed E-state index contributed by atoms with van der Waals surface area (Å²) >= 11 is 6.02. The standard InChI is InChI=1S/C20H21ClF3N3O/c1-13(20(28)25-17-6-5-16(22)18(23)19(17)24)27-9-7-26(8-10-27)12-14-3-2-4-15(21)11-14/h2-6,11,13H,7-10,12H2,1H3,(H,25,28)/t13-/m0/s1. The maximum atomic E-state index is 13.8. The maximum absolute atomic E-state index is 13.8. The Bertz CT molecular complexity index is 857. The van der Waals surface area contributed by atoms with E-state index in [1.807, 2.05) is 29.2 Å². The molecular formula is C20H21ClF3N3O. The Morgan fingerprint density at radius 3 is 2.50 bits per heavy atom. The van der Waals surface area contributed by atoms with Crippen molar-refractivity contribution in [2.24, 2.45) is 0 Å². The number of amides is 1. The molecule has 8 heteroatoms. The van der Waals surface area contributed by atoms with Crippen molar-refractivity contribution in [3.05, 3.63) is 64.4 Å². The molecule has 1 heterocycles. The summed E-state index contributed by atoms with van der Waals surface area (Å²) < 4.78 is 40.1. The highest BCUT2D eigenvalue weighted by atomic mass is 35.5. The zero-order valence-corrected chi connectivity index (χ0v) is 16.1. The van der Waals surface area contributed by atoms with Gasteiger partial charge in [-0.05, 0) is 36.8 Å². The van der Waals surface area contributed by atoms with Gasteiger partial charge in [0.1, 0.15) is 0 Å². The second kappa shape index (κ2) is 8.94. The molecule has 1 amide bonds. The number of nitrogens with one attached hydrogen (secondary N) is 1. The van der Waals surface area contributed by atoms with Gasteiger partial charge in [-0.15, -0.1) is 0 Å². The zero-order valence-electron chi connectivity index (χ0n) is 15.4. The molecule has 1 aliphatic rings. The third kappa shape index (κ3) is 4.84. The molecule has 0 unspecified atom stereocenters. The van der Waals surface area contributed by atoms with E-state index in [-0.39, 0.29) is 5.69 Å². The van der Waals surface area contributed by atoms with Crippen LogP contribution >= 0.6 is 11.6 Å². The first-order valence-corrected chi connectivity index (χ1v) is 9.38. The van der Waals surface area contributed by atoms with E-state index in [1.165, 1.54) is 0 Å². The third-order valence-electron chi connectivity index (χ3n) is 4.92. The molecule has 3 rings (SSSR count). The zero-order chi connectivity index (χ0) is 20.3. The molecule has 150 valence electrons. The fraction of sp³-hybridized carbons (Fsp3) is 0.350. The lowest BCUT2D eigenvalue weighted by molar-refractivity contribution is -0.121. The quantitative estimate of drug-likeness (QED) is 0.758. The van der Waals surface area contributed by atoms with E-state index >= 15 is 0 Å². The van der Waals surface area contributed by atoms with Crippen molar-refractivity contribution in [1.29, 1.82) is 0 Å². The van der Waals surface area contributed by atoms with Crippen molar-refractivity contribution in [1.82, 2.24) is 9.80 Å². The molecule has 2 aromatic carbocycles. The minimum absolute atomic E-state index is 0.365. The number of piperazine rings is 1. The van der Waals surface area contributed by atoms with Crippen molar-refractivity contribution in [2.45, 2.75) is 19.5 Å². The number of rotatable bonds is 5. The van der Waals surface area contributed by atoms with Crippen LogP contribution in [0.2, 0.25) is 5.02 Å². The average Bonchev–Trinajstić information content (AvgIpc) is 2.68. The predicted molar refractivity (Wildman–Crippen MR) is 103 cm³/mol. The van der Waals surface area contributed by atoms with E-state index in [0.29, 0.717) is 18.1 Å². The van der Waals surface area contributed by atoms with Crippen LogP contribution in [0.4, 0.5) is 18.9 Å². The summed E-state index contributed by atoms with van der Waals surface area (Å²) in [6.07, 6.45) is 0. The topological polar surface area (TPSA) is 35.6 Å². The second-order valence-electron chi connectivity index (χ2n) is 6.83. The van der Waals surface area contributed by atoms with Crippen LogP contribution in [0, 0.1) is 17.5 Å². The van der Waals surface area contributed by atoms with Crippen LogP contribution in [-0.4, -0.2) is 47.9 Å². The van der Waals surface area contributed by atoms with Gasteiger partial charge >= 0.3 is 0 Å². The number of nitrogens with zero attached hydrogens (tertiary/aromatic N) is 2. The second-order valence-corrected chi connectivity index (χ2v) is 7.27. The van der Waals surface area contributed by atoms with E-state index in [1.54, 1.807) is 6.92 Å². The summed E-state index contributed by atoms with van der Waals surface area (Å²) in [4.78, 5) is 16.6. The minimum Gasteiger partial charge on any atom is -0.322 e. The average molecular weight is 412 g/mol. The molecule has 28 heavy (non-hydrogen) atoms. The Morgan fingerprint density at radius 2 is 1.82 bits per heavy atom. The molecule has 1 fully saturated rings. The number of anilines is 1. The van der Waals surface area contributed by atoms with Crippen LogP contribution in [0.15, 0.2) is 36.4 Å². The Balaban J connectivity index is 1.54. The van der Waals surface area contributed by atoms with Crippen molar-refractivity contribution < 1.29 is 18.0 Å². The van der Waals surface area contributed by atoms with E-state index in [4.69, 9.17) is 11.6 Å². The highest BCUT2D eigenvalue weighted by molar-refractivity contribution is 6.30. The van der Waals surface area contributed by atoms with E-state index < -0.39 is 29.4 Å². The fourth-order valence-corrected chi connectivity index (χ4v) is 3.44. The normalized spacial score (nSPS) is 16.8. The van der Waals surface area contributed by atoms with Gasteiger partial charge in [-0.3, -0.25) is 14.6 Å². The summed E-state index contributed by atoms with van der Waals surface area (Å²) in [5.41, 5.74) is 0.760. The number of halogens is 4. The predicted octanol–water partition coefficient (Wildman–Crippen LogP) is 3.90. The van der Waals surface area contributed by atoms with Crippen LogP contribution in [0.25, 0.3) is 0 Å². The summed E-state index contributed by atoms with van der Waals surface area (Å²) in [6.45, 7) is 5.34. The lowest BCUT2D eigenvalue weighted by Gasteiger charge is -2.37. The molecular weight excluding hydrogens is 391 g/mol. The first-order chi connectivity index (χ1) is 13.3. The highest BCUT2D eigenvalue weighted by Crippen LogP contribution is 2.20. The van der Waals surface area contributed by atoms with Gasteiger partial charge in [-0.1, -0.05) is 23.7 Å². The van der Waals surface area contributed by atoms with Crippen LogP contribution in [-0.2, 0) is 11.3 Å². The van der Waals surface area contributed by atoms with Crippen molar-refractivity contribution in [3.8, 4) is 0 Å². The molecule has 0 aromatic heterocycles. The van der Waals surface area contributed by atoms with Gasteiger partial charge in [0.05, 0.1) is 11.7 Å². The highest BCUT2D eigenvalue weighted by Gasteiger charge is 2.26. The Hall–Kier alpha value is -2.09. The van der Waals surface area contributed by atoms with Crippen LogP contribution in [0.5, 0.6) is 0 Å². The molecule has 0 saturated carbocycles. The molecule has 4 nitrogen and oxygen atoms in total. The molecule has 0 aliphatic carbocycles. The van der Waals surface area contributed by atoms with Crippen LogP contribution < -0.4 is 5.32 Å². The molecule has 1 atom stereocenters. The first kappa shape index (κ1) is 20.6. The molecule has 2 aromatic rings. The third-order valence-corrected chi connectivity index (χ3v) is 5.16. The summed E-state index contributed by atoms with van der Waals surface area (Å²) in [6, 6.07) is 8.97. The lowest BCUT2D eigenvalue weighted by Crippen LogP contribution is -2.52.